The molecule has 0 bridgehead atoms. The Morgan fingerprint density at radius 2 is 1.89 bits per heavy atom. The Labute approximate surface area is 106 Å². The number of carbonyl (C=O) groups excluding carboxylic acids is 1. The van der Waals surface area contributed by atoms with Gasteiger partial charge in [0.1, 0.15) is 5.75 Å². The maximum Gasteiger partial charge on any atom is 0.305 e. The molecule has 0 saturated heterocycles. The van der Waals surface area contributed by atoms with E-state index in [1.807, 2.05) is 6.92 Å². The Morgan fingerprint density at radius 3 is 2.33 bits per heavy atom. The van der Waals surface area contributed by atoms with E-state index in [9.17, 15) is 9.59 Å². The summed E-state index contributed by atoms with van der Waals surface area (Å²) in [5, 5.41) is 8.65. The first kappa shape index (κ1) is 14.0. The van der Waals surface area contributed by atoms with Crippen LogP contribution in [0.2, 0.25) is 0 Å². The van der Waals surface area contributed by atoms with Crippen molar-refractivity contribution >= 4 is 17.6 Å². The molecule has 0 saturated carbocycles. The lowest BCUT2D eigenvalue weighted by molar-refractivity contribution is -0.136. The number of carboxylic acids is 1. The highest BCUT2D eigenvalue weighted by Gasteiger charge is 2.12. The predicted octanol–water partition coefficient (Wildman–Crippen LogP) is 1.91. The quantitative estimate of drug-likeness (QED) is 0.838. The lowest BCUT2D eigenvalue weighted by Crippen LogP contribution is -2.30. The van der Waals surface area contributed by atoms with Gasteiger partial charge in [-0.05, 0) is 31.2 Å². The Kier molecular flexibility index (Phi) is 5.17. The molecule has 0 aliphatic rings. The third kappa shape index (κ3) is 4.08. The van der Waals surface area contributed by atoms with Crippen LogP contribution >= 0.6 is 0 Å². The summed E-state index contributed by atoms with van der Waals surface area (Å²) in [6.45, 7) is 4.05. The SMILES string of the molecule is CCOc1ccc(N(CCC(=O)O)C(C)=O)cc1. The van der Waals surface area contributed by atoms with Crippen LogP contribution in [0.1, 0.15) is 20.3 Å². The van der Waals surface area contributed by atoms with Crippen LogP contribution in [0.4, 0.5) is 5.69 Å². The highest BCUT2D eigenvalue weighted by Crippen LogP contribution is 2.19. The molecule has 0 unspecified atom stereocenters. The van der Waals surface area contributed by atoms with Crippen molar-refractivity contribution < 1.29 is 19.4 Å². The zero-order valence-corrected chi connectivity index (χ0v) is 10.5. The first-order chi connectivity index (χ1) is 8.54. The molecule has 5 nitrogen and oxygen atoms in total. The van der Waals surface area contributed by atoms with Crippen LogP contribution in [0.15, 0.2) is 24.3 Å². The minimum Gasteiger partial charge on any atom is -0.494 e. The average molecular weight is 251 g/mol. The van der Waals surface area contributed by atoms with Gasteiger partial charge in [-0.15, -0.1) is 0 Å². The maximum atomic E-state index is 11.5. The number of ether oxygens (including phenoxy) is 1. The molecule has 0 radical (unpaired) electrons. The second kappa shape index (κ2) is 6.64. The van der Waals surface area contributed by atoms with E-state index < -0.39 is 5.97 Å². The molecule has 0 aromatic heterocycles. The van der Waals surface area contributed by atoms with Crippen molar-refractivity contribution in [3.8, 4) is 5.75 Å². The van der Waals surface area contributed by atoms with Crippen LogP contribution in [0.25, 0.3) is 0 Å². The van der Waals surface area contributed by atoms with E-state index in [4.69, 9.17) is 9.84 Å². The molecule has 0 fully saturated rings. The second-order valence-corrected chi connectivity index (χ2v) is 3.74. The number of hydrogen-bond donors (Lipinski definition) is 1. The van der Waals surface area contributed by atoms with Crippen molar-refractivity contribution in [2.45, 2.75) is 20.3 Å². The Hall–Kier alpha value is -2.04. The largest absolute Gasteiger partial charge is 0.494 e. The molecule has 0 heterocycles. The normalized spacial score (nSPS) is 9.89. The van der Waals surface area contributed by atoms with Crippen LogP contribution in [-0.4, -0.2) is 30.1 Å². The predicted molar refractivity (Wildman–Crippen MR) is 67.9 cm³/mol. The zero-order chi connectivity index (χ0) is 13.5. The van der Waals surface area contributed by atoms with Gasteiger partial charge in [0.25, 0.3) is 0 Å². The van der Waals surface area contributed by atoms with Gasteiger partial charge in [-0.3, -0.25) is 9.59 Å². The zero-order valence-electron chi connectivity index (χ0n) is 10.5. The first-order valence-electron chi connectivity index (χ1n) is 5.77. The summed E-state index contributed by atoms with van der Waals surface area (Å²) in [6, 6.07) is 7.01. The van der Waals surface area contributed by atoms with E-state index in [1.54, 1.807) is 24.3 Å². The molecule has 0 atom stereocenters. The number of amides is 1. The molecule has 1 N–H and O–H groups in total. The van der Waals surface area contributed by atoms with Crippen LogP contribution in [0.5, 0.6) is 5.75 Å². The number of benzene rings is 1. The summed E-state index contributed by atoms with van der Waals surface area (Å²) in [4.78, 5) is 23.4. The van der Waals surface area contributed by atoms with Crippen molar-refractivity contribution in [3.63, 3.8) is 0 Å². The van der Waals surface area contributed by atoms with E-state index in [0.29, 0.717) is 12.3 Å². The minimum atomic E-state index is -0.924. The van der Waals surface area contributed by atoms with Crippen LogP contribution in [-0.2, 0) is 9.59 Å². The molecular formula is C13H17NO4. The number of rotatable bonds is 6. The summed E-state index contributed by atoms with van der Waals surface area (Å²) >= 11 is 0. The summed E-state index contributed by atoms with van der Waals surface area (Å²) in [7, 11) is 0. The van der Waals surface area contributed by atoms with Crippen molar-refractivity contribution in [1.29, 1.82) is 0 Å². The lowest BCUT2D eigenvalue weighted by atomic mass is 10.2. The van der Waals surface area contributed by atoms with Gasteiger partial charge in [0.05, 0.1) is 13.0 Å². The summed E-state index contributed by atoms with van der Waals surface area (Å²) in [6.07, 6.45) is -0.0766. The second-order valence-electron chi connectivity index (χ2n) is 3.74. The third-order valence-electron chi connectivity index (χ3n) is 2.39. The number of nitrogens with zero attached hydrogens (tertiary/aromatic N) is 1. The van der Waals surface area contributed by atoms with Crippen molar-refractivity contribution in [2.75, 3.05) is 18.1 Å². The standard InChI is InChI=1S/C13H17NO4/c1-3-18-12-6-4-11(5-7-12)14(10(2)15)9-8-13(16)17/h4-7H,3,8-9H2,1-2H3,(H,16,17). The van der Waals surface area contributed by atoms with Crippen LogP contribution < -0.4 is 9.64 Å². The molecule has 98 valence electrons. The maximum absolute atomic E-state index is 11.5. The molecule has 1 aromatic rings. The summed E-state index contributed by atoms with van der Waals surface area (Å²) < 4.78 is 5.30. The highest BCUT2D eigenvalue weighted by atomic mass is 16.5. The van der Waals surface area contributed by atoms with Gasteiger partial charge < -0.3 is 14.7 Å². The van der Waals surface area contributed by atoms with Crippen LogP contribution in [0.3, 0.4) is 0 Å². The molecule has 0 aliphatic heterocycles. The summed E-state index contributed by atoms with van der Waals surface area (Å²) in [5.41, 5.74) is 0.673. The fourth-order valence-corrected chi connectivity index (χ4v) is 1.56. The van der Waals surface area contributed by atoms with Gasteiger partial charge in [-0.25, -0.2) is 0 Å². The van der Waals surface area contributed by atoms with Gasteiger partial charge in [0, 0.05) is 19.2 Å². The van der Waals surface area contributed by atoms with Gasteiger partial charge in [-0.2, -0.15) is 0 Å². The lowest BCUT2D eigenvalue weighted by Gasteiger charge is -2.20. The molecule has 1 rings (SSSR count). The fourth-order valence-electron chi connectivity index (χ4n) is 1.56. The molecule has 0 spiro atoms. The molecular weight excluding hydrogens is 234 g/mol. The van der Waals surface area contributed by atoms with Gasteiger partial charge in [0.15, 0.2) is 0 Å². The van der Waals surface area contributed by atoms with E-state index in [-0.39, 0.29) is 18.9 Å². The molecule has 18 heavy (non-hydrogen) atoms. The monoisotopic (exact) mass is 251 g/mol. The van der Waals surface area contributed by atoms with E-state index in [0.717, 1.165) is 5.75 Å². The third-order valence-corrected chi connectivity index (χ3v) is 2.39. The number of carboxylic acid groups (broad SMARTS) is 1. The first-order valence-corrected chi connectivity index (χ1v) is 5.77. The van der Waals surface area contributed by atoms with Gasteiger partial charge in [0.2, 0.25) is 5.91 Å². The average Bonchev–Trinajstić information content (AvgIpc) is 2.31. The Bertz CT molecular complexity index is 414. The van der Waals surface area contributed by atoms with E-state index >= 15 is 0 Å². The number of anilines is 1. The van der Waals surface area contributed by atoms with Crippen molar-refractivity contribution in [1.82, 2.24) is 0 Å². The minimum absolute atomic E-state index is 0.0766. The van der Waals surface area contributed by atoms with Gasteiger partial charge in [-0.1, -0.05) is 0 Å². The molecule has 0 aliphatic carbocycles. The molecule has 5 heteroatoms. The van der Waals surface area contributed by atoms with Crippen LogP contribution in [0, 0.1) is 0 Å². The number of aliphatic carboxylic acids is 1. The van der Waals surface area contributed by atoms with Crippen molar-refractivity contribution in [2.24, 2.45) is 0 Å². The van der Waals surface area contributed by atoms with Gasteiger partial charge >= 0.3 is 5.97 Å². The number of hydrogen-bond acceptors (Lipinski definition) is 3. The summed E-state index contributed by atoms with van der Waals surface area (Å²) in [5.74, 6) is -0.379. The highest BCUT2D eigenvalue weighted by molar-refractivity contribution is 5.92. The Balaban J connectivity index is 2.78. The number of carbonyl (C=O) groups is 2. The van der Waals surface area contributed by atoms with Crippen molar-refractivity contribution in [3.05, 3.63) is 24.3 Å². The molecule has 1 aromatic carbocycles. The van der Waals surface area contributed by atoms with E-state index in [1.165, 1.54) is 11.8 Å². The topological polar surface area (TPSA) is 66.8 Å². The Morgan fingerprint density at radius 1 is 1.28 bits per heavy atom. The smallest absolute Gasteiger partial charge is 0.305 e. The fraction of sp³-hybridized carbons (Fsp3) is 0.385. The van der Waals surface area contributed by atoms with E-state index in [2.05, 4.69) is 0 Å². The molecule has 1 amide bonds.